The van der Waals surface area contributed by atoms with Crippen LogP contribution >= 0.6 is 11.6 Å². The third-order valence-corrected chi connectivity index (χ3v) is 5.20. The van der Waals surface area contributed by atoms with Gasteiger partial charge >= 0.3 is 6.36 Å². The third kappa shape index (κ3) is 6.61. The molecule has 0 aliphatic carbocycles. The molecule has 34 heavy (non-hydrogen) atoms. The van der Waals surface area contributed by atoms with Gasteiger partial charge in [0.05, 0.1) is 5.56 Å². The Balaban J connectivity index is 2.15. The molecule has 180 valence electrons. The van der Waals surface area contributed by atoms with Crippen LogP contribution in [0.4, 0.5) is 19.0 Å². The monoisotopic (exact) mass is 493 g/mol. The van der Waals surface area contributed by atoms with E-state index in [-0.39, 0.29) is 30.9 Å². The maximum atomic E-state index is 13.1. The summed E-state index contributed by atoms with van der Waals surface area (Å²) in [5.74, 6) is -0.482. The van der Waals surface area contributed by atoms with Crippen molar-refractivity contribution in [3.8, 4) is 16.9 Å². The molecule has 10 heteroatoms. The Hall–Kier alpha value is -3.30. The number of hydrogen-bond donors (Lipinski definition) is 3. The first-order valence-corrected chi connectivity index (χ1v) is 10.8. The van der Waals surface area contributed by atoms with Gasteiger partial charge in [-0.3, -0.25) is 4.79 Å². The molecule has 3 N–H and O–H groups in total. The zero-order valence-corrected chi connectivity index (χ0v) is 19.0. The molecule has 6 nitrogen and oxygen atoms in total. The van der Waals surface area contributed by atoms with E-state index in [0.717, 1.165) is 5.56 Å². The van der Waals surface area contributed by atoms with Gasteiger partial charge in [-0.05, 0) is 53.8 Å². The Morgan fingerprint density at radius 3 is 2.56 bits per heavy atom. The summed E-state index contributed by atoms with van der Waals surface area (Å²) in [5, 5.41) is 15.3. The topological polar surface area (TPSA) is 83.5 Å². The van der Waals surface area contributed by atoms with E-state index in [2.05, 4.69) is 20.4 Å². The standard InChI is InChI=1S/C24H23ClF3N3O3/c1-29-22-21(23(33)30-10-3-11-32)19(12-15-6-8-17(25)9-7-15)20(14-31-22)16-4-2-5-18(13-16)34-24(26,27)28/h2,4-9,13-14,32H,3,10-12H2,1H3,(H,29,31)(H,30,33). The first kappa shape index (κ1) is 25.3. The molecule has 3 aromatic rings. The molecule has 3 rings (SSSR count). The highest BCUT2D eigenvalue weighted by atomic mass is 35.5. The Morgan fingerprint density at radius 1 is 1.18 bits per heavy atom. The predicted molar refractivity (Wildman–Crippen MR) is 124 cm³/mol. The van der Waals surface area contributed by atoms with Gasteiger partial charge in [0, 0.05) is 37.0 Å². The minimum absolute atomic E-state index is 0.0823. The van der Waals surface area contributed by atoms with E-state index in [0.29, 0.717) is 34.0 Å². The molecule has 1 amide bonds. The molecule has 1 aromatic heterocycles. The number of carbonyl (C=O) groups excluding carboxylic acids is 1. The predicted octanol–water partition coefficient (Wildman–Crippen LogP) is 5.05. The third-order valence-electron chi connectivity index (χ3n) is 4.94. The summed E-state index contributed by atoms with van der Waals surface area (Å²) in [6.45, 7) is 0.166. The molecule has 0 bridgehead atoms. The van der Waals surface area contributed by atoms with E-state index in [1.165, 1.54) is 24.4 Å². The first-order valence-electron chi connectivity index (χ1n) is 10.4. The number of rotatable bonds is 9. The molecule has 0 saturated carbocycles. The van der Waals surface area contributed by atoms with Crippen LogP contribution in [0.5, 0.6) is 5.75 Å². The highest BCUT2D eigenvalue weighted by molar-refractivity contribution is 6.30. The number of alkyl halides is 3. The van der Waals surface area contributed by atoms with Crippen molar-refractivity contribution in [3.05, 3.63) is 76.4 Å². The zero-order chi connectivity index (χ0) is 24.7. The van der Waals surface area contributed by atoms with Crippen molar-refractivity contribution in [1.29, 1.82) is 0 Å². The second kappa shape index (κ2) is 11.2. The van der Waals surface area contributed by atoms with Gasteiger partial charge in [0.2, 0.25) is 0 Å². The van der Waals surface area contributed by atoms with Crippen LogP contribution in [0.1, 0.15) is 27.9 Å². The number of carbonyl (C=O) groups is 1. The van der Waals surface area contributed by atoms with Gasteiger partial charge in [-0.25, -0.2) is 4.98 Å². The molecule has 0 aliphatic heterocycles. The van der Waals surface area contributed by atoms with Crippen molar-refractivity contribution in [1.82, 2.24) is 10.3 Å². The Morgan fingerprint density at radius 2 is 1.91 bits per heavy atom. The molecule has 2 aromatic carbocycles. The molecule has 0 radical (unpaired) electrons. The number of aliphatic hydroxyl groups is 1. The van der Waals surface area contributed by atoms with E-state index in [9.17, 15) is 18.0 Å². The van der Waals surface area contributed by atoms with E-state index >= 15 is 0 Å². The number of halogens is 4. The number of nitrogens with one attached hydrogen (secondary N) is 2. The molecule has 0 aliphatic rings. The number of benzene rings is 2. The van der Waals surface area contributed by atoms with Crippen molar-refractivity contribution < 1.29 is 27.8 Å². The number of nitrogens with zero attached hydrogens (tertiary/aromatic N) is 1. The fourth-order valence-electron chi connectivity index (χ4n) is 3.45. The number of hydrogen-bond acceptors (Lipinski definition) is 5. The molecule has 0 fully saturated rings. The van der Waals surface area contributed by atoms with Crippen LogP contribution in [-0.2, 0) is 6.42 Å². The molecular weight excluding hydrogens is 471 g/mol. The average Bonchev–Trinajstić information content (AvgIpc) is 2.79. The van der Waals surface area contributed by atoms with Crippen LogP contribution in [0, 0.1) is 0 Å². The summed E-state index contributed by atoms with van der Waals surface area (Å²) < 4.78 is 42.4. The van der Waals surface area contributed by atoms with Crippen LogP contribution in [0.3, 0.4) is 0 Å². The van der Waals surface area contributed by atoms with Crippen LogP contribution in [0.25, 0.3) is 11.1 Å². The van der Waals surface area contributed by atoms with Crippen LogP contribution in [0.15, 0.2) is 54.7 Å². The summed E-state index contributed by atoms with van der Waals surface area (Å²) in [6.07, 6.45) is -2.67. The number of pyridine rings is 1. The van der Waals surface area contributed by atoms with Crippen molar-refractivity contribution >= 4 is 23.3 Å². The largest absolute Gasteiger partial charge is 0.573 e. The lowest BCUT2D eigenvalue weighted by atomic mass is 9.92. The molecule has 0 saturated heterocycles. The van der Waals surface area contributed by atoms with E-state index in [1.807, 2.05) is 12.1 Å². The first-order chi connectivity index (χ1) is 16.2. The number of aliphatic hydroxyl groups excluding tert-OH is 1. The summed E-state index contributed by atoms with van der Waals surface area (Å²) in [4.78, 5) is 17.5. The van der Waals surface area contributed by atoms with Crippen molar-refractivity contribution in [2.75, 3.05) is 25.5 Å². The molecule has 0 spiro atoms. The molecular formula is C24H23ClF3N3O3. The van der Waals surface area contributed by atoms with Gasteiger partial charge in [-0.2, -0.15) is 0 Å². The summed E-state index contributed by atoms with van der Waals surface area (Å²) >= 11 is 6.00. The SMILES string of the molecule is CNc1ncc(-c2cccc(OC(F)(F)F)c2)c(Cc2ccc(Cl)cc2)c1C(=O)NCCCO. The average molecular weight is 494 g/mol. The Kier molecular flexibility index (Phi) is 8.36. The van der Waals surface area contributed by atoms with Crippen LogP contribution < -0.4 is 15.4 Å². The van der Waals surface area contributed by atoms with Crippen molar-refractivity contribution in [3.63, 3.8) is 0 Å². The quantitative estimate of drug-likeness (QED) is 0.363. The number of amides is 1. The van der Waals surface area contributed by atoms with Crippen molar-refractivity contribution in [2.24, 2.45) is 0 Å². The van der Waals surface area contributed by atoms with Gasteiger partial charge in [0.15, 0.2) is 0 Å². The second-order valence-electron chi connectivity index (χ2n) is 7.34. The van der Waals surface area contributed by atoms with E-state index in [1.54, 1.807) is 25.2 Å². The fraction of sp³-hybridized carbons (Fsp3) is 0.250. The molecule has 0 atom stereocenters. The lowest BCUT2D eigenvalue weighted by molar-refractivity contribution is -0.274. The lowest BCUT2D eigenvalue weighted by Gasteiger charge is -2.19. The fourth-order valence-corrected chi connectivity index (χ4v) is 3.58. The minimum atomic E-state index is -4.84. The second-order valence-corrected chi connectivity index (χ2v) is 7.77. The van der Waals surface area contributed by atoms with E-state index in [4.69, 9.17) is 16.7 Å². The van der Waals surface area contributed by atoms with Gasteiger partial charge in [0.1, 0.15) is 11.6 Å². The number of ether oxygens (including phenoxy) is 1. The maximum Gasteiger partial charge on any atom is 0.573 e. The van der Waals surface area contributed by atoms with Crippen LogP contribution in [0.2, 0.25) is 5.02 Å². The number of anilines is 1. The van der Waals surface area contributed by atoms with Gasteiger partial charge in [0.25, 0.3) is 5.91 Å². The minimum Gasteiger partial charge on any atom is -0.406 e. The number of aromatic nitrogens is 1. The van der Waals surface area contributed by atoms with E-state index < -0.39 is 12.3 Å². The normalized spacial score (nSPS) is 11.2. The summed E-state index contributed by atoms with van der Waals surface area (Å²) in [5.41, 5.74) is 2.55. The maximum absolute atomic E-state index is 13.1. The summed E-state index contributed by atoms with van der Waals surface area (Å²) in [6, 6.07) is 12.6. The van der Waals surface area contributed by atoms with Gasteiger partial charge < -0.3 is 20.5 Å². The Labute approximate surface area is 199 Å². The van der Waals surface area contributed by atoms with Gasteiger partial charge in [-0.15, -0.1) is 13.2 Å². The summed E-state index contributed by atoms with van der Waals surface area (Å²) in [7, 11) is 1.62. The van der Waals surface area contributed by atoms with Crippen molar-refractivity contribution in [2.45, 2.75) is 19.2 Å². The highest BCUT2D eigenvalue weighted by Crippen LogP contribution is 2.34. The Bertz CT molecular complexity index is 1140. The molecule has 1 heterocycles. The zero-order valence-electron chi connectivity index (χ0n) is 18.2. The highest BCUT2D eigenvalue weighted by Gasteiger charge is 2.31. The smallest absolute Gasteiger partial charge is 0.406 e. The molecule has 0 unspecified atom stereocenters. The van der Waals surface area contributed by atoms with Crippen LogP contribution in [-0.4, -0.2) is 42.6 Å². The van der Waals surface area contributed by atoms with Gasteiger partial charge in [-0.1, -0.05) is 35.9 Å². The lowest BCUT2D eigenvalue weighted by Crippen LogP contribution is -2.27.